The summed E-state index contributed by atoms with van der Waals surface area (Å²) < 4.78 is 0. The Labute approximate surface area is 122 Å². The molecule has 20 heavy (non-hydrogen) atoms. The molecule has 1 saturated heterocycles. The van der Waals surface area contributed by atoms with Crippen LogP contribution in [0.25, 0.3) is 0 Å². The molecule has 3 N–H and O–H groups in total. The van der Waals surface area contributed by atoms with E-state index in [1.54, 1.807) is 0 Å². The number of aryl methyl sites for hydroxylation is 1. The van der Waals surface area contributed by atoms with Gasteiger partial charge in [0.25, 0.3) is 0 Å². The number of likely N-dealkylation sites (N-methyl/N-ethyl adjacent to an activating group) is 1. The standard InChI is InChI=1S/C7H16N2.C7H9N.C2H2O/c1-8-4-7-9-5-2-3-6-9;1-6-3-2-4-7(8)5-6;1-2-3/h8H,2-7H2,1H3;2-5H,8H2,1H3;1H2. The summed E-state index contributed by atoms with van der Waals surface area (Å²) in [5, 5.41) is 3.15. The highest BCUT2D eigenvalue weighted by atomic mass is 16.1. The van der Waals surface area contributed by atoms with Gasteiger partial charge in [0.2, 0.25) is 0 Å². The number of nitrogens with one attached hydrogen (secondary N) is 1. The molecule has 1 fully saturated rings. The monoisotopic (exact) mass is 277 g/mol. The molecule has 1 aromatic rings. The zero-order valence-electron chi connectivity index (χ0n) is 12.7. The van der Waals surface area contributed by atoms with Crippen molar-refractivity contribution in [1.82, 2.24) is 10.2 Å². The summed E-state index contributed by atoms with van der Waals surface area (Å²) in [6, 6.07) is 7.80. The van der Waals surface area contributed by atoms with Gasteiger partial charge in [-0.15, -0.1) is 0 Å². The van der Waals surface area contributed by atoms with Crippen LogP contribution in [0.15, 0.2) is 30.8 Å². The first-order valence-electron chi connectivity index (χ1n) is 6.97. The zero-order chi connectivity index (χ0) is 15.2. The first kappa shape index (κ1) is 18.4. The van der Waals surface area contributed by atoms with Gasteiger partial charge in [-0.25, -0.2) is 4.79 Å². The number of hydrogen-bond acceptors (Lipinski definition) is 4. The summed E-state index contributed by atoms with van der Waals surface area (Å²) in [6.45, 7) is 9.72. The number of likely N-dealkylation sites (tertiary alicyclic amines) is 1. The van der Waals surface area contributed by atoms with Crippen LogP contribution in [0.4, 0.5) is 5.69 Å². The second kappa shape index (κ2) is 12.4. The van der Waals surface area contributed by atoms with Crippen LogP contribution in [-0.4, -0.2) is 44.1 Å². The maximum atomic E-state index is 8.57. The molecule has 0 amide bonds. The predicted octanol–water partition coefficient (Wildman–Crippen LogP) is 1.88. The molecule has 0 saturated carbocycles. The fourth-order valence-corrected chi connectivity index (χ4v) is 1.95. The molecule has 4 nitrogen and oxygen atoms in total. The summed E-state index contributed by atoms with van der Waals surface area (Å²) in [5.41, 5.74) is 7.51. The summed E-state index contributed by atoms with van der Waals surface area (Å²) in [5.74, 6) is 1.25. The topological polar surface area (TPSA) is 58.4 Å². The average molecular weight is 277 g/mol. The minimum absolute atomic E-state index is 0.838. The molecular weight excluding hydrogens is 250 g/mol. The van der Waals surface area contributed by atoms with E-state index in [0.717, 1.165) is 12.2 Å². The molecule has 112 valence electrons. The van der Waals surface area contributed by atoms with Crippen LogP contribution in [0.2, 0.25) is 0 Å². The molecule has 0 spiro atoms. The molecule has 0 aliphatic carbocycles. The van der Waals surface area contributed by atoms with E-state index in [-0.39, 0.29) is 0 Å². The lowest BCUT2D eigenvalue weighted by molar-refractivity contribution is 0.340. The number of rotatable bonds is 3. The van der Waals surface area contributed by atoms with Gasteiger partial charge < -0.3 is 16.0 Å². The smallest absolute Gasteiger partial charge is 0.116 e. The minimum Gasteiger partial charge on any atom is -0.399 e. The van der Waals surface area contributed by atoms with Gasteiger partial charge in [-0.2, -0.15) is 0 Å². The number of nitrogen functional groups attached to an aromatic ring is 1. The molecule has 1 heterocycles. The van der Waals surface area contributed by atoms with Crippen LogP contribution in [0.1, 0.15) is 18.4 Å². The first-order valence-corrected chi connectivity index (χ1v) is 6.97. The van der Waals surface area contributed by atoms with Crippen molar-refractivity contribution in [3.8, 4) is 0 Å². The van der Waals surface area contributed by atoms with Crippen LogP contribution in [0.5, 0.6) is 0 Å². The Morgan fingerprint density at radius 1 is 1.40 bits per heavy atom. The summed E-state index contributed by atoms with van der Waals surface area (Å²) >= 11 is 0. The van der Waals surface area contributed by atoms with Crippen molar-refractivity contribution >= 4 is 11.6 Å². The molecule has 0 radical (unpaired) electrons. The first-order chi connectivity index (χ1) is 9.63. The summed E-state index contributed by atoms with van der Waals surface area (Å²) in [4.78, 5) is 11.1. The maximum Gasteiger partial charge on any atom is 0.116 e. The number of hydrogen-bond donors (Lipinski definition) is 2. The third-order valence-electron chi connectivity index (χ3n) is 2.92. The summed E-state index contributed by atoms with van der Waals surface area (Å²) in [7, 11) is 2.01. The van der Waals surface area contributed by atoms with Crippen LogP contribution in [0, 0.1) is 6.92 Å². The lowest BCUT2D eigenvalue weighted by Crippen LogP contribution is -2.27. The third kappa shape index (κ3) is 10.3. The number of anilines is 1. The van der Waals surface area contributed by atoms with E-state index in [1.165, 1.54) is 44.0 Å². The van der Waals surface area contributed by atoms with Gasteiger partial charge in [0.1, 0.15) is 5.94 Å². The average Bonchev–Trinajstić information content (AvgIpc) is 2.91. The van der Waals surface area contributed by atoms with Gasteiger partial charge in [0.15, 0.2) is 0 Å². The predicted molar refractivity (Wildman–Crippen MR) is 86.5 cm³/mol. The second-order valence-electron chi connectivity index (χ2n) is 4.71. The Morgan fingerprint density at radius 3 is 2.40 bits per heavy atom. The molecule has 0 unspecified atom stereocenters. The molecule has 1 aromatic carbocycles. The molecule has 1 aliphatic rings. The number of nitrogens with zero attached hydrogens (tertiary/aromatic N) is 1. The highest BCUT2D eigenvalue weighted by Crippen LogP contribution is 2.05. The molecule has 2 rings (SSSR count). The molecule has 0 atom stereocenters. The van der Waals surface area contributed by atoms with Gasteiger partial charge in [-0.05, 0) is 64.2 Å². The third-order valence-corrected chi connectivity index (χ3v) is 2.92. The Hall–Kier alpha value is -1.61. The molecule has 1 aliphatic heterocycles. The van der Waals surface area contributed by atoms with E-state index >= 15 is 0 Å². The van der Waals surface area contributed by atoms with Crippen molar-refractivity contribution in [2.45, 2.75) is 19.8 Å². The molecule has 4 heteroatoms. The lowest BCUT2D eigenvalue weighted by Gasteiger charge is -2.12. The van der Waals surface area contributed by atoms with Crippen molar-refractivity contribution in [3.05, 3.63) is 36.4 Å². The van der Waals surface area contributed by atoms with Gasteiger partial charge in [0, 0.05) is 18.8 Å². The number of nitrogens with two attached hydrogens (primary N) is 1. The zero-order valence-corrected chi connectivity index (χ0v) is 12.7. The van der Waals surface area contributed by atoms with Gasteiger partial charge in [0.05, 0.1) is 0 Å². The normalized spacial score (nSPS) is 13.5. The largest absolute Gasteiger partial charge is 0.399 e. The van der Waals surface area contributed by atoms with Gasteiger partial charge >= 0.3 is 0 Å². The molecular formula is C16H27N3O. The maximum absolute atomic E-state index is 8.57. The number of benzene rings is 1. The lowest BCUT2D eigenvalue weighted by atomic mass is 10.2. The Kier molecular flexibility index (Phi) is 11.4. The van der Waals surface area contributed by atoms with Crippen LogP contribution >= 0.6 is 0 Å². The Balaban J connectivity index is 0.000000304. The van der Waals surface area contributed by atoms with Crippen LogP contribution in [-0.2, 0) is 4.79 Å². The quantitative estimate of drug-likeness (QED) is 0.654. The highest BCUT2D eigenvalue weighted by Gasteiger charge is 2.09. The van der Waals surface area contributed by atoms with Crippen molar-refractivity contribution in [2.75, 3.05) is 39.0 Å². The van der Waals surface area contributed by atoms with Gasteiger partial charge in [-0.3, -0.25) is 0 Å². The SMILES string of the molecule is C=C=O.CNCCN1CCCC1.Cc1cccc(N)c1. The molecule has 0 aromatic heterocycles. The van der Waals surface area contributed by atoms with Crippen molar-refractivity contribution < 1.29 is 4.79 Å². The Bertz CT molecular complexity index is 364. The fourth-order valence-electron chi connectivity index (χ4n) is 1.95. The fraction of sp³-hybridized carbons (Fsp3) is 0.500. The summed E-state index contributed by atoms with van der Waals surface area (Å²) in [6.07, 6.45) is 2.81. The van der Waals surface area contributed by atoms with E-state index in [1.807, 2.05) is 38.2 Å². The van der Waals surface area contributed by atoms with Crippen molar-refractivity contribution in [1.29, 1.82) is 0 Å². The van der Waals surface area contributed by atoms with Gasteiger partial charge in [-0.1, -0.05) is 12.1 Å². The van der Waals surface area contributed by atoms with Crippen LogP contribution < -0.4 is 11.1 Å². The van der Waals surface area contributed by atoms with E-state index in [4.69, 9.17) is 10.5 Å². The molecule has 0 bridgehead atoms. The highest BCUT2D eigenvalue weighted by molar-refractivity contribution is 5.39. The van der Waals surface area contributed by atoms with Crippen LogP contribution in [0.3, 0.4) is 0 Å². The van der Waals surface area contributed by atoms with Crippen molar-refractivity contribution in [3.63, 3.8) is 0 Å². The Morgan fingerprint density at radius 2 is 2.00 bits per heavy atom. The van der Waals surface area contributed by atoms with E-state index in [0.29, 0.717) is 0 Å². The number of carbonyl (C=O) groups excluding carboxylic acids is 1. The van der Waals surface area contributed by atoms with E-state index in [9.17, 15) is 0 Å². The van der Waals surface area contributed by atoms with E-state index in [2.05, 4.69) is 16.8 Å². The van der Waals surface area contributed by atoms with Crippen molar-refractivity contribution in [2.24, 2.45) is 0 Å². The minimum atomic E-state index is 0.838. The van der Waals surface area contributed by atoms with E-state index < -0.39 is 0 Å². The second-order valence-corrected chi connectivity index (χ2v) is 4.71.